The number of benzene rings is 3. The summed E-state index contributed by atoms with van der Waals surface area (Å²) in [5, 5.41) is 10.2. The number of hydrogen-bond donors (Lipinski definition) is 2. The minimum Gasteiger partial charge on any atom is -0.490 e. The zero-order valence-electron chi connectivity index (χ0n) is 27.9. The second-order valence-corrected chi connectivity index (χ2v) is 14.2. The maximum Gasteiger partial charge on any atom is 0.261 e. The second-order valence-electron chi connectivity index (χ2n) is 12.5. The summed E-state index contributed by atoms with van der Waals surface area (Å²) in [5.74, 6) is -0.436. The van der Waals surface area contributed by atoms with Gasteiger partial charge in [-0.3, -0.25) is 14.3 Å². The second kappa shape index (κ2) is 16.3. The number of fused-ring (bicyclic) bond motifs is 1. The molecule has 0 unspecified atom stereocenters. The van der Waals surface area contributed by atoms with Gasteiger partial charge in [0.15, 0.2) is 0 Å². The van der Waals surface area contributed by atoms with Crippen LogP contribution in [0.2, 0.25) is 0 Å². The Morgan fingerprint density at radius 2 is 1.77 bits per heavy atom. The summed E-state index contributed by atoms with van der Waals surface area (Å²) in [6, 6.07) is 19.7. The molecular weight excluding hydrogens is 618 g/mol. The minimum absolute atomic E-state index is 0.102. The average molecular weight is 666 g/mol. The predicted octanol–water partition coefficient (Wildman–Crippen LogP) is 5.36. The van der Waals surface area contributed by atoms with E-state index in [-0.39, 0.29) is 47.2 Å². The van der Waals surface area contributed by atoms with E-state index in [4.69, 9.17) is 9.47 Å². The first-order valence-electron chi connectivity index (χ1n) is 16.1. The van der Waals surface area contributed by atoms with Crippen LogP contribution in [0.4, 0.5) is 5.69 Å². The molecule has 0 saturated heterocycles. The topological polar surface area (TPSA) is 125 Å². The number of anilines is 1. The van der Waals surface area contributed by atoms with Crippen molar-refractivity contribution in [1.82, 2.24) is 9.80 Å². The minimum atomic E-state index is -3.93. The van der Waals surface area contributed by atoms with Crippen LogP contribution >= 0.6 is 0 Å². The van der Waals surface area contributed by atoms with E-state index in [0.29, 0.717) is 30.9 Å². The van der Waals surface area contributed by atoms with Crippen molar-refractivity contribution in [3.63, 3.8) is 0 Å². The number of ether oxygens (including phenoxy) is 2. The number of aryl methyl sites for hydroxylation is 1. The number of aliphatic hydroxyl groups is 1. The molecule has 0 saturated carbocycles. The number of amides is 2. The molecule has 2 N–H and O–H groups in total. The van der Waals surface area contributed by atoms with Gasteiger partial charge in [-0.15, -0.1) is 0 Å². The fourth-order valence-corrected chi connectivity index (χ4v) is 6.58. The third-order valence-corrected chi connectivity index (χ3v) is 9.85. The van der Waals surface area contributed by atoms with E-state index >= 15 is 0 Å². The lowest BCUT2D eigenvalue weighted by molar-refractivity contribution is -0.0149. The summed E-state index contributed by atoms with van der Waals surface area (Å²) >= 11 is 0. The first kappa shape index (κ1) is 35.9. The van der Waals surface area contributed by atoms with Crippen LogP contribution in [0.15, 0.2) is 77.7 Å². The van der Waals surface area contributed by atoms with Crippen LogP contribution in [0.5, 0.6) is 5.75 Å². The van der Waals surface area contributed by atoms with Gasteiger partial charge in [0, 0.05) is 43.9 Å². The van der Waals surface area contributed by atoms with Gasteiger partial charge >= 0.3 is 0 Å². The third kappa shape index (κ3) is 9.56. The quantitative estimate of drug-likeness (QED) is 0.332. The molecule has 4 atom stereocenters. The normalized spacial score (nSPS) is 20.3. The maximum atomic E-state index is 14.4. The fourth-order valence-electron chi connectivity index (χ4n) is 5.53. The molecule has 3 aromatic carbocycles. The molecule has 0 aromatic heterocycles. The summed E-state index contributed by atoms with van der Waals surface area (Å²) in [7, 11) is -2.19. The van der Waals surface area contributed by atoms with Crippen molar-refractivity contribution in [1.29, 1.82) is 0 Å². The molecule has 1 aliphatic heterocycles. The smallest absolute Gasteiger partial charge is 0.261 e. The first-order chi connectivity index (χ1) is 22.4. The number of carbonyl (C=O) groups is 2. The maximum absolute atomic E-state index is 14.4. The highest BCUT2D eigenvalue weighted by atomic mass is 32.2. The number of nitrogens with zero attached hydrogens (tertiary/aromatic N) is 2. The molecule has 0 aliphatic carbocycles. The Labute approximate surface area is 278 Å². The third-order valence-electron chi connectivity index (χ3n) is 8.46. The Morgan fingerprint density at radius 3 is 2.45 bits per heavy atom. The summed E-state index contributed by atoms with van der Waals surface area (Å²) in [4.78, 5) is 30.8. The van der Waals surface area contributed by atoms with E-state index in [1.165, 1.54) is 18.2 Å². The van der Waals surface area contributed by atoms with Crippen LogP contribution in [0.1, 0.15) is 66.3 Å². The zero-order valence-corrected chi connectivity index (χ0v) is 28.7. The summed E-state index contributed by atoms with van der Waals surface area (Å²) in [6.45, 7) is 8.25. The van der Waals surface area contributed by atoms with E-state index in [1.807, 2.05) is 39.0 Å². The van der Waals surface area contributed by atoms with Crippen LogP contribution < -0.4 is 9.46 Å². The monoisotopic (exact) mass is 665 g/mol. The molecule has 0 spiro atoms. The van der Waals surface area contributed by atoms with Gasteiger partial charge in [-0.25, -0.2) is 8.42 Å². The predicted molar refractivity (Wildman–Crippen MR) is 182 cm³/mol. The number of carbonyl (C=O) groups excluding carboxylic acids is 2. The standard InChI is InChI=1S/C36H47N3O7S/c1-25-14-17-31(18-15-25)47(43,44)37-30-16-19-33-32(21-30)36(42)39(27(3)24-40)22-26(2)34(45-20-10-9-11-28(4)46-33)23-38(5)35(41)29-12-7-6-8-13-29/h6-8,12-19,21,26-28,34,37,40H,9-11,20,22-24H2,1-5H3/t26-,27-,28-,34+/m1/s1. The number of likely N-dealkylation sites (N-methyl/N-ethyl adjacent to an activating group) is 1. The Morgan fingerprint density at radius 1 is 1.06 bits per heavy atom. The van der Waals surface area contributed by atoms with Gasteiger partial charge in [-0.05, 0) is 82.5 Å². The van der Waals surface area contributed by atoms with E-state index < -0.39 is 28.1 Å². The van der Waals surface area contributed by atoms with Crippen LogP contribution in [0.25, 0.3) is 0 Å². The highest BCUT2D eigenvalue weighted by Gasteiger charge is 2.31. The highest BCUT2D eigenvalue weighted by Crippen LogP contribution is 2.29. The molecule has 10 nitrogen and oxygen atoms in total. The van der Waals surface area contributed by atoms with Gasteiger partial charge in [0.2, 0.25) is 0 Å². The van der Waals surface area contributed by atoms with Gasteiger partial charge in [-0.1, -0.05) is 42.8 Å². The van der Waals surface area contributed by atoms with Crippen molar-refractivity contribution in [2.45, 2.75) is 70.1 Å². The molecule has 11 heteroatoms. The Balaban J connectivity index is 1.66. The molecule has 1 aliphatic rings. The van der Waals surface area contributed by atoms with Crippen molar-refractivity contribution >= 4 is 27.5 Å². The van der Waals surface area contributed by atoms with E-state index in [1.54, 1.807) is 60.2 Å². The number of nitrogens with one attached hydrogen (secondary N) is 1. The first-order valence-corrected chi connectivity index (χ1v) is 17.6. The highest BCUT2D eigenvalue weighted by molar-refractivity contribution is 7.92. The number of aliphatic hydroxyl groups excluding tert-OH is 1. The number of rotatable bonds is 8. The molecule has 1 heterocycles. The van der Waals surface area contributed by atoms with E-state index in [9.17, 15) is 23.1 Å². The Hall–Kier alpha value is -3.93. The van der Waals surface area contributed by atoms with Crippen LogP contribution in [-0.4, -0.2) is 86.7 Å². The van der Waals surface area contributed by atoms with Crippen LogP contribution in [0, 0.1) is 12.8 Å². The molecular formula is C36H47N3O7S. The lowest BCUT2D eigenvalue weighted by atomic mass is 10.0. The average Bonchev–Trinajstić information content (AvgIpc) is 3.06. The molecule has 3 aromatic rings. The number of sulfonamides is 1. The van der Waals surface area contributed by atoms with Crippen molar-refractivity contribution < 1.29 is 32.6 Å². The summed E-state index contributed by atoms with van der Waals surface area (Å²) in [5.41, 5.74) is 1.90. The van der Waals surface area contributed by atoms with Gasteiger partial charge in [-0.2, -0.15) is 0 Å². The lowest BCUT2D eigenvalue weighted by Gasteiger charge is -2.36. The van der Waals surface area contributed by atoms with Crippen molar-refractivity contribution in [3.05, 3.63) is 89.5 Å². The SMILES string of the molecule is Cc1ccc(S(=O)(=O)Nc2ccc3c(c2)C(=O)N([C@H](C)CO)C[C@@H](C)[C@H](CN(C)C(=O)c2ccccc2)OCCCC[C@@H](C)O3)cc1. The van der Waals surface area contributed by atoms with Crippen molar-refractivity contribution in [3.8, 4) is 5.75 Å². The van der Waals surface area contributed by atoms with Crippen molar-refractivity contribution in [2.24, 2.45) is 5.92 Å². The summed E-state index contributed by atoms with van der Waals surface area (Å²) < 4.78 is 41.6. The molecule has 254 valence electrons. The molecule has 0 bridgehead atoms. The van der Waals surface area contributed by atoms with Gasteiger partial charge in [0.1, 0.15) is 5.75 Å². The molecule has 4 rings (SSSR count). The lowest BCUT2D eigenvalue weighted by Crippen LogP contribution is -2.48. The Bertz CT molecular complexity index is 1600. The zero-order chi connectivity index (χ0) is 34.1. The number of hydrogen-bond acceptors (Lipinski definition) is 7. The van der Waals surface area contributed by atoms with Gasteiger partial charge < -0.3 is 24.4 Å². The molecule has 0 radical (unpaired) electrons. The summed E-state index contributed by atoms with van der Waals surface area (Å²) in [6.07, 6.45) is 1.70. The molecule has 47 heavy (non-hydrogen) atoms. The van der Waals surface area contributed by atoms with E-state index in [0.717, 1.165) is 18.4 Å². The van der Waals surface area contributed by atoms with Gasteiger partial charge in [0.05, 0.1) is 35.3 Å². The molecule has 0 fully saturated rings. The largest absolute Gasteiger partial charge is 0.490 e. The van der Waals surface area contributed by atoms with E-state index in [2.05, 4.69) is 4.72 Å². The van der Waals surface area contributed by atoms with Crippen LogP contribution in [-0.2, 0) is 14.8 Å². The van der Waals surface area contributed by atoms with Crippen molar-refractivity contribution in [2.75, 3.05) is 38.1 Å². The molecule has 2 amide bonds. The van der Waals surface area contributed by atoms with Crippen LogP contribution in [0.3, 0.4) is 0 Å². The van der Waals surface area contributed by atoms with Gasteiger partial charge in [0.25, 0.3) is 21.8 Å². The Kier molecular flexibility index (Phi) is 12.4. The fraction of sp³-hybridized carbons (Fsp3) is 0.444.